The number of carboxylic acid groups (broad SMARTS) is 1. The monoisotopic (exact) mass is 214 g/mol. The van der Waals surface area contributed by atoms with E-state index in [-0.39, 0.29) is 12.5 Å². The summed E-state index contributed by atoms with van der Waals surface area (Å²) in [5.41, 5.74) is 0. The average molecular weight is 215 g/mol. The van der Waals surface area contributed by atoms with Crippen molar-refractivity contribution in [2.75, 3.05) is 0 Å². The van der Waals surface area contributed by atoms with Gasteiger partial charge in [-0.05, 0) is 19.1 Å². The quantitative estimate of drug-likeness (QED) is 0.838. The van der Waals surface area contributed by atoms with Crippen molar-refractivity contribution in [3.63, 3.8) is 0 Å². The van der Waals surface area contributed by atoms with Crippen LogP contribution in [0.5, 0.6) is 5.75 Å². The highest BCUT2D eigenvalue weighted by Crippen LogP contribution is 2.24. The zero-order chi connectivity index (χ0) is 10.6. The highest BCUT2D eigenvalue weighted by molar-refractivity contribution is 6.32. The average Bonchev–Trinajstić information content (AvgIpc) is 2.07. The summed E-state index contributed by atoms with van der Waals surface area (Å²) in [7, 11) is 0. The molecule has 1 aromatic carbocycles. The van der Waals surface area contributed by atoms with Crippen LogP contribution in [0.2, 0.25) is 5.02 Å². The minimum atomic E-state index is -0.885. The van der Waals surface area contributed by atoms with Crippen molar-refractivity contribution in [3.05, 3.63) is 29.3 Å². The van der Waals surface area contributed by atoms with Gasteiger partial charge in [0.05, 0.1) is 11.4 Å². The number of ether oxygens (including phenoxy) is 1. The first-order chi connectivity index (χ1) is 6.59. The molecule has 0 spiro atoms. The summed E-state index contributed by atoms with van der Waals surface area (Å²) in [6, 6.07) is 6.98. The van der Waals surface area contributed by atoms with Gasteiger partial charge < -0.3 is 9.84 Å². The van der Waals surface area contributed by atoms with Gasteiger partial charge in [-0.25, -0.2) is 0 Å². The maximum atomic E-state index is 10.4. The molecule has 0 fully saturated rings. The lowest BCUT2D eigenvalue weighted by molar-refractivity contribution is -0.138. The van der Waals surface area contributed by atoms with Crippen molar-refractivity contribution >= 4 is 17.6 Å². The first-order valence-electron chi connectivity index (χ1n) is 4.22. The first kappa shape index (κ1) is 10.9. The second-order valence-electron chi connectivity index (χ2n) is 2.96. The van der Waals surface area contributed by atoms with E-state index in [4.69, 9.17) is 21.4 Å². The minimum Gasteiger partial charge on any atom is -0.489 e. The third-order valence-electron chi connectivity index (χ3n) is 1.63. The van der Waals surface area contributed by atoms with E-state index in [0.29, 0.717) is 10.8 Å². The van der Waals surface area contributed by atoms with Crippen molar-refractivity contribution < 1.29 is 14.6 Å². The lowest BCUT2D eigenvalue weighted by Gasteiger charge is -2.13. The number of hydrogen-bond donors (Lipinski definition) is 1. The smallest absolute Gasteiger partial charge is 0.307 e. The van der Waals surface area contributed by atoms with Crippen LogP contribution in [0.15, 0.2) is 24.3 Å². The van der Waals surface area contributed by atoms with Gasteiger partial charge in [0, 0.05) is 0 Å². The number of para-hydroxylation sites is 1. The minimum absolute atomic E-state index is 0.0365. The topological polar surface area (TPSA) is 46.5 Å². The highest BCUT2D eigenvalue weighted by atomic mass is 35.5. The molecule has 0 aliphatic carbocycles. The lowest BCUT2D eigenvalue weighted by Crippen LogP contribution is -2.16. The number of aliphatic carboxylic acids is 1. The van der Waals surface area contributed by atoms with Crippen LogP contribution in [0.4, 0.5) is 0 Å². The maximum Gasteiger partial charge on any atom is 0.307 e. The molecule has 0 saturated carbocycles. The molecule has 0 bridgehead atoms. The van der Waals surface area contributed by atoms with E-state index in [1.54, 1.807) is 31.2 Å². The van der Waals surface area contributed by atoms with Gasteiger partial charge in [-0.3, -0.25) is 4.79 Å². The summed E-state index contributed by atoms with van der Waals surface area (Å²) in [5, 5.41) is 9.01. The SMILES string of the molecule is C[C@H](CC(=O)O)Oc1ccccc1Cl. The zero-order valence-corrected chi connectivity index (χ0v) is 8.49. The number of carbonyl (C=O) groups is 1. The molecule has 0 unspecified atom stereocenters. The molecule has 1 N–H and O–H groups in total. The third-order valence-corrected chi connectivity index (χ3v) is 1.94. The van der Waals surface area contributed by atoms with Gasteiger partial charge in [0.25, 0.3) is 0 Å². The van der Waals surface area contributed by atoms with E-state index >= 15 is 0 Å². The van der Waals surface area contributed by atoms with Crippen LogP contribution in [0, 0.1) is 0 Å². The summed E-state index contributed by atoms with van der Waals surface area (Å²) >= 11 is 5.83. The molecule has 0 aromatic heterocycles. The Morgan fingerprint density at radius 1 is 1.57 bits per heavy atom. The highest BCUT2D eigenvalue weighted by Gasteiger charge is 2.10. The lowest BCUT2D eigenvalue weighted by atomic mass is 10.3. The predicted molar refractivity (Wildman–Crippen MR) is 53.8 cm³/mol. The van der Waals surface area contributed by atoms with Crippen LogP contribution in [0.25, 0.3) is 0 Å². The van der Waals surface area contributed by atoms with Crippen molar-refractivity contribution in [1.29, 1.82) is 0 Å². The van der Waals surface area contributed by atoms with E-state index in [0.717, 1.165) is 0 Å². The van der Waals surface area contributed by atoms with Gasteiger partial charge >= 0.3 is 5.97 Å². The standard InChI is InChI=1S/C10H11ClO3/c1-7(6-10(12)13)14-9-5-3-2-4-8(9)11/h2-5,7H,6H2,1H3,(H,12,13)/t7-/m1/s1. The third kappa shape index (κ3) is 3.26. The summed E-state index contributed by atoms with van der Waals surface area (Å²) in [4.78, 5) is 10.4. The van der Waals surface area contributed by atoms with E-state index in [9.17, 15) is 4.79 Å². The van der Waals surface area contributed by atoms with E-state index < -0.39 is 5.97 Å². The predicted octanol–water partition coefficient (Wildman–Crippen LogP) is 2.58. The Hall–Kier alpha value is -1.22. The molecule has 4 heteroatoms. The molecule has 3 nitrogen and oxygen atoms in total. The zero-order valence-electron chi connectivity index (χ0n) is 7.74. The van der Waals surface area contributed by atoms with Crippen LogP contribution >= 0.6 is 11.6 Å². The second-order valence-corrected chi connectivity index (χ2v) is 3.36. The van der Waals surface area contributed by atoms with Crippen LogP contribution < -0.4 is 4.74 Å². The van der Waals surface area contributed by atoms with Crippen LogP contribution in [0.1, 0.15) is 13.3 Å². The molecule has 0 saturated heterocycles. The molecule has 1 aromatic rings. The maximum absolute atomic E-state index is 10.4. The molecule has 0 amide bonds. The van der Waals surface area contributed by atoms with Gasteiger partial charge in [-0.15, -0.1) is 0 Å². The van der Waals surface area contributed by atoms with Crippen LogP contribution in [0.3, 0.4) is 0 Å². The Labute approximate surface area is 87.3 Å². The van der Waals surface area contributed by atoms with Crippen molar-refractivity contribution in [2.45, 2.75) is 19.4 Å². The molecular formula is C10H11ClO3. The molecule has 0 aliphatic heterocycles. The molecule has 14 heavy (non-hydrogen) atoms. The van der Waals surface area contributed by atoms with Gasteiger partial charge in [-0.2, -0.15) is 0 Å². The van der Waals surface area contributed by atoms with Crippen molar-refractivity contribution in [1.82, 2.24) is 0 Å². The summed E-state index contributed by atoms with van der Waals surface area (Å²) in [6.45, 7) is 1.69. The number of hydrogen-bond acceptors (Lipinski definition) is 2. The molecule has 76 valence electrons. The molecule has 0 heterocycles. The summed E-state index contributed by atoms with van der Waals surface area (Å²) in [5.74, 6) is -0.368. The fourth-order valence-electron chi connectivity index (χ4n) is 1.04. The van der Waals surface area contributed by atoms with Crippen molar-refractivity contribution in [2.24, 2.45) is 0 Å². The Morgan fingerprint density at radius 3 is 2.79 bits per heavy atom. The van der Waals surface area contributed by atoms with Gasteiger partial charge in [0.1, 0.15) is 11.9 Å². The molecule has 0 radical (unpaired) electrons. The molecular weight excluding hydrogens is 204 g/mol. The van der Waals surface area contributed by atoms with Gasteiger partial charge in [0.2, 0.25) is 0 Å². The number of halogens is 1. The van der Waals surface area contributed by atoms with Gasteiger partial charge in [-0.1, -0.05) is 23.7 Å². The Bertz CT molecular complexity index is 325. The summed E-state index contributed by atoms with van der Waals surface area (Å²) in [6.07, 6.45) is -0.419. The Balaban J connectivity index is 2.60. The normalized spacial score (nSPS) is 12.1. The molecule has 1 rings (SSSR count). The summed E-state index contributed by atoms with van der Waals surface area (Å²) < 4.78 is 5.34. The number of carboxylic acids is 1. The number of rotatable bonds is 4. The Kier molecular flexibility index (Phi) is 3.77. The van der Waals surface area contributed by atoms with Crippen LogP contribution in [-0.2, 0) is 4.79 Å². The largest absolute Gasteiger partial charge is 0.489 e. The fourth-order valence-corrected chi connectivity index (χ4v) is 1.22. The molecule has 1 atom stereocenters. The fraction of sp³-hybridized carbons (Fsp3) is 0.300. The Morgan fingerprint density at radius 2 is 2.21 bits per heavy atom. The number of benzene rings is 1. The van der Waals surface area contributed by atoms with E-state index in [2.05, 4.69) is 0 Å². The van der Waals surface area contributed by atoms with Gasteiger partial charge in [0.15, 0.2) is 0 Å². The molecule has 0 aliphatic rings. The van der Waals surface area contributed by atoms with Crippen LogP contribution in [-0.4, -0.2) is 17.2 Å². The van der Waals surface area contributed by atoms with E-state index in [1.165, 1.54) is 0 Å². The van der Waals surface area contributed by atoms with Crippen molar-refractivity contribution in [3.8, 4) is 5.75 Å². The first-order valence-corrected chi connectivity index (χ1v) is 4.60. The second kappa shape index (κ2) is 4.86. The van der Waals surface area contributed by atoms with E-state index in [1.807, 2.05) is 0 Å².